The minimum Gasteiger partial charge on any atom is -0.351 e. The Kier molecular flexibility index (Phi) is 2.71. The van der Waals surface area contributed by atoms with Crippen LogP contribution >= 0.6 is 0 Å². The average molecular weight is 205 g/mol. The summed E-state index contributed by atoms with van der Waals surface area (Å²) in [5.74, 6) is 0.901. The van der Waals surface area contributed by atoms with E-state index in [1.54, 1.807) is 6.20 Å². The summed E-state index contributed by atoms with van der Waals surface area (Å²) in [5.41, 5.74) is 2.26. The second-order valence-corrected chi connectivity index (χ2v) is 3.41. The minimum absolute atomic E-state index is 0.749. The third-order valence-electron chi connectivity index (χ3n) is 2.43. The number of imidazole rings is 1. The molecule has 2 N–H and O–H groups in total. The lowest BCUT2D eigenvalue weighted by molar-refractivity contribution is 0.763. The highest BCUT2D eigenvalue weighted by atomic mass is 15.2. The fourth-order valence-corrected chi connectivity index (χ4v) is 1.46. The first-order valence-corrected chi connectivity index (χ1v) is 5.05. The van der Waals surface area contributed by atoms with Gasteiger partial charge in [-0.3, -0.25) is 5.10 Å². The van der Waals surface area contributed by atoms with Crippen LogP contribution in [0.25, 0.3) is 0 Å². The van der Waals surface area contributed by atoms with Crippen molar-refractivity contribution in [1.29, 1.82) is 0 Å². The van der Waals surface area contributed by atoms with E-state index in [9.17, 15) is 0 Å². The van der Waals surface area contributed by atoms with Crippen LogP contribution in [-0.4, -0.2) is 19.7 Å². The number of hydrogen-bond acceptors (Lipinski definition) is 3. The van der Waals surface area contributed by atoms with Crippen LogP contribution in [0.2, 0.25) is 0 Å². The molecule has 0 saturated heterocycles. The fourth-order valence-electron chi connectivity index (χ4n) is 1.46. The van der Waals surface area contributed by atoms with Crippen molar-refractivity contribution in [2.24, 2.45) is 0 Å². The Morgan fingerprint density at radius 1 is 1.53 bits per heavy atom. The molecule has 2 heterocycles. The van der Waals surface area contributed by atoms with Gasteiger partial charge in [0, 0.05) is 36.7 Å². The Hall–Kier alpha value is -1.78. The summed E-state index contributed by atoms with van der Waals surface area (Å²) in [6, 6.07) is 0. The highest BCUT2D eigenvalue weighted by molar-refractivity contribution is 5.29. The molecule has 2 aromatic heterocycles. The van der Waals surface area contributed by atoms with Crippen LogP contribution < -0.4 is 5.32 Å². The summed E-state index contributed by atoms with van der Waals surface area (Å²) in [4.78, 5) is 4.24. The number of aromatic amines is 1. The summed E-state index contributed by atoms with van der Waals surface area (Å²) >= 11 is 0. The van der Waals surface area contributed by atoms with Gasteiger partial charge in [0.05, 0.1) is 6.20 Å². The van der Waals surface area contributed by atoms with Crippen LogP contribution in [0.1, 0.15) is 18.2 Å². The Bertz CT molecular complexity index is 428. The van der Waals surface area contributed by atoms with Gasteiger partial charge in [0.2, 0.25) is 5.95 Å². The van der Waals surface area contributed by atoms with E-state index in [4.69, 9.17) is 0 Å². The fraction of sp³-hybridized carbons (Fsp3) is 0.400. The molecule has 0 aliphatic heterocycles. The summed E-state index contributed by atoms with van der Waals surface area (Å²) in [7, 11) is 0. The molecule has 0 aromatic carbocycles. The number of H-pyrrole nitrogens is 1. The SMILES string of the molecule is CCn1ccnc1NCc1cn[nH]c1C. The van der Waals surface area contributed by atoms with Crippen molar-refractivity contribution < 1.29 is 0 Å². The predicted octanol–water partition coefficient (Wildman–Crippen LogP) is 1.55. The highest BCUT2D eigenvalue weighted by Crippen LogP contribution is 2.08. The standard InChI is InChI=1S/C10H15N5/c1-3-15-5-4-11-10(15)12-6-9-7-13-14-8(9)2/h4-5,7H,3,6H2,1-2H3,(H,11,12)(H,13,14). The van der Waals surface area contributed by atoms with E-state index >= 15 is 0 Å². The number of nitrogens with zero attached hydrogens (tertiary/aromatic N) is 3. The zero-order chi connectivity index (χ0) is 10.7. The minimum atomic E-state index is 0.749. The summed E-state index contributed by atoms with van der Waals surface area (Å²) in [6.45, 7) is 5.78. The van der Waals surface area contributed by atoms with Crippen LogP contribution in [0, 0.1) is 6.92 Å². The van der Waals surface area contributed by atoms with Gasteiger partial charge in [-0.2, -0.15) is 5.10 Å². The average Bonchev–Trinajstić information content (AvgIpc) is 2.83. The molecule has 2 aromatic rings. The maximum atomic E-state index is 4.24. The topological polar surface area (TPSA) is 58.5 Å². The molecule has 80 valence electrons. The van der Waals surface area contributed by atoms with E-state index in [0.717, 1.165) is 24.7 Å². The number of aryl methyl sites for hydroxylation is 2. The van der Waals surface area contributed by atoms with Crippen LogP contribution in [0.5, 0.6) is 0 Å². The molecular formula is C10H15N5. The second-order valence-electron chi connectivity index (χ2n) is 3.41. The number of anilines is 1. The van der Waals surface area contributed by atoms with Gasteiger partial charge >= 0.3 is 0 Å². The molecule has 0 fully saturated rings. The normalized spacial score (nSPS) is 10.5. The number of nitrogens with one attached hydrogen (secondary N) is 2. The molecule has 0 aliphatic carbocycles. The first-order valence-electron chi connectivity index (χ1n) is 5.05. The Labute approximate surface area is 88.5 Å². The maximum absolute atomic E-state index is 4.24. The van der Waals surface area contributed by atoms with E-state index in [1.165, 1.54) is 5.56 Å². The smallest absolute Gasteiger partial charge is 0.203 e. The lowest BCUT2D eigenvalue weighted by Gasteiger charge is -2.06. The van der Waals surface area contributed by atoms with Crippen LogP contribution in [0.3, 0.4) is 0 Å². The van der Waals surface area contributed by atoms with Crippen molar-refractivity contribution in [3.05, 3.63) is 29.8 Å². The largest absolute Gasteiger partial charge is 0.351 e. The molecule has 0 spiro atoms. The van der Waals surface area contributed by atoms with E-state index in [1.807, 2.05) is 19.3 Å². The molecular weight excluding hydrogens is 190 g/mol. The lowest BCUT2D eigenvalue weighted by atomic mass is 10.3. The van der Waals surface area contributed by atoms with Gasteiger partial charge in [-0.05, 0) is 13.8 Å². The predicted molar refractivity (Wildman–Crippen MR) is 58.6 cm³/mol. The Morgan fingerprint density at radius 2 is 2.40 bits per heavy atom. The van der Waals surface area contributed by atoms with Crippen molar-refractivity contribution in [2.75, 3.05) is 5.32 Å². The first kappa shape index (κ1) is 9.76. The molecule has 15 heavy (non-hydrogen) atoms. The first-order chi connectivity index (χ1) is 7.31. The van der Waals surface area contributed by atoms with Gasteiger partial charge in [0.25, 0.3) is 0 Å². The number of hydrogen-bond donors (Lipinski definition) is 2. The third kappa shape index (κ3) is 2.01. The Morgan fingerprint density at radius 3 is 3.07 bits per heavy atom. The van der Waals surface area contributed by atoms with E-state index < -0.39 is 0 Å². The van der Waals surface area contributed by atoms with E-state index in [0.29, 0.717) is 0 Å². The van der Waals surface area contributed by atoms with Gasteiger partial charge in [-0.15, -0.1) is 0 Å². The molecule has 5 nitrogen and oxygen atoms in total. The molecule has 0 bridgehead atoms. The molecule has 0 radical (unpaired) electrons. The van der Waals surface area contributed by atoms with Gasteiger partial charge in [0.1, 0.15) is 0 Å². The van der Waals surface area contributed by atoms with Crippen LogP contribution in [0.4, 0.5) is 5.95 Å². The van der Waals surface area contributed by atoms with Crippen molar-refractivity contribution >= 4 is 5.95 Å². The summed E-state index contributed by atoms with van der Waals surface area (Å²) in [6.07, 6.45) is 5.60. The summed E-state index contributed by atoms with van der Waals surface area (Å²) in [5, 5.41) is 10.2. The van der Waals surface area contributed by atoms with Crippen LogP contribution in [0.15, 0.2) is 18.6 Å². The monoisotopic (exact) mass is 205 g/mol. The zero-order valence-electron chi connectivity index (χ0n) is 8.99. The zero-order valence-corrected chi connectivity index (χ0v) is 8.99. The van der Waals surface area contributed by atoms with Gasteiger partial charge in [-0.25, -0.2) is 4.98 Å². The van der Waals surface area contributed by atoms with Crippen molar-refractivity contribution in [3.63, 3.8) is 0 Å². The van der Waals surface area contributed by atoms with E-state index in [2.05, 4.69) is 32.0 Å². The van der Waals surface area contributed by atoms with Gasteiger partial charge in [-0.1, -0.05) is 0 Å². The number of aromatic nitrogens is 4. The van der Waals surface area contributed by atoms with Crippen molar-refractivity contribution in [3.8, 4) is 0 Å². The summed E-state index contributed by atoms with van der Waals surface area (Å²) < 4.78 is 2.06. The Balaban J connectivity index is 2.02. The maximum Gasteiger partial charge on any atom is 0.203 e. The molecule has 0 amide bonds. The second kappa shape index (κ2) is 4.16. The van der Waals surface area contributed by atoms with Gasteiger partial charge < -0.3 is 9.88 Å². The molecule has 2 rings (SSSR count). The number of rotatable bonds is 4. The van der Waals surface area contributed by atoms with Crippen LogP contribution in [-0.2, 0) is 13.1 Å². The van der Waals surface area contributed by atoms with Crippen molar-refractivity contribution in [1.82, 2.24) is 19.7 Å². The van der Waals surface area contributed by atoms with Gasteiger partial charge in [0.15, 0.2) is 0 Å². The van der Waals surface area contributed by atoms with E-state index in [-0.39, 0.29) is 0 Å². The molecule has 0 atom stereocenters. The van der Waals surface area contributed by atoms with Crippen molar-refractivity contribution in [2.45, 2.75) is 26.9 Å². The molecule has 0 unspecified atom stereocenters. The molecule has 0 aliphatic rings. The molecule has 5 heteroatoms. The third-order valence-corrected chi connectivity index (χ3v) is 2.43. The molecule has 0 saturated carbocycles. The highest BCUT2D eigenvalue weighted by Gasteiger charge is 2.03. The quantitative estimate of drug-likeness (QED) is 0.796. The lowest BCUT2D eigenvalue weighted by Crippen LogP contribution is -2.06.